The quantitative estimate of drug-likeness (QED) is 0.923. The van der Waals surface area contributed by atoms with E-state index >= 15 is 0 Å². The van der Waals surface area contributed by atoms with Crippen LogP contribution in [0.2, 0.25) is 0 Å². The molecule has 116 valence electrons. The van der Waals surface area contributed by atoms with Crippen LogP contribution in [0.5, 0.6) is 0 Å². The molecule has 0 aromatic heterocycles. The Morgan fingerprint density at radius 1 is 1.13 bits per heavy atom. The number of carbonyl (C=O) groups is 1. The van der Waals surface area contributed by atoms with Crippen molar-refractivity contribution in [3.63, 3.8) is 0 Å². The van der Waals surface area contributed by atoms with Gasteiger partial charge in [0, 0.05) is 19.6 Å². The lowest BCUT2D eigenvalue weighted by Crippen LogP contribution is -2.55. The van der Waals surface area contributed by atoms with Crippen LogP contribution < -0.4 is 5.32 Å². The van der Waals surface area contributed by atoms with Crippen molar-refractivity contribution in [3.05, 3.63) is 71.3 Å². The van der Waals surface area contributed by atoms with Crippen molar-refractivity contribution in [2.45, 2.75) is 25.6 Å². The summed E-state index contributed by atoms with van der Waals surface area (Å²) in [7, 11) is 0. The molecule has 1 amide bonds. The van der Waals surface area contributed by atoms with E-state index < -0.39 is 0 Å². The average molecular weight is 305 g/mol. The van der Waals surface area contributed by atoms with E-state index in [1.807, 2.05) is 30.3 Å². The molecular weight excluding hydrogens is 286 g/mol. The molecule has 1 fully saturated rings. The van der Waals surface area contributed by atoms with Crippen LogP contribution >= 0.6 is 0 Å². The minimum Gasteiger partial charge on any atom is -0.351 e. The number of hydrogen-bond acceptors (Lipinski definition) is 3. The molecule has 0 radical (unpaired) electrons. The van der Waals surface area contributed by atoms with Gasteiger partial charge in [0.05, 0.1) is 17.7 Å². The van der Waals surface area contributed by atoms with E-state index in [9.17, 15) is 4.79 Å². The minimum absolute atomic E-state index is 0.0337. The maximum Gasteiger partial charge on any atom is 0.237 e. The number of likely N-dealkylation sites (tertiary alicyclic amines) is 1. The number of carbonyl (C=O) groups excluding carboxylic acids is 1. The standard InChI is InChI=1S/C19H19N3O/c20-12-15-6-8-16(9-7-15)13-21-19(23)18-10-11-22(18)14-17-4-2-1-3-5-17/h1-9,18H,10-11,13-14H2,(H,21,23)/t18-/m0/s1. The van der Waals surface area contributed by atoms with Crippen molar-refractivity contribution in [1.82, 2.24) is 10.2 Å². The van der Waals surface area contributed by atoms with Crippen LogP contribution in [0.25, 0.3) is 0 Å². The second kappa shape index (κ2) is 7.08. The molecule has 3 rings (SSSR count). The summed E-state index contributed by atoms with van der Waals surface area (Å²) in [6.45, 7) is 2.28. The third-order valence-electron chi connectivity index (χ3n) is 4.21. The molecule has 0 unspecified atom stereocenters. The number of nitrogens with zero attached hydrogens (tertiary/aromatic N) is 2. The maximum absolute atomic E-state index is 12.3. The predicted octanol–water partition coefficient (Wildman–Crippen LogP) is 2.45. The van der Waals surface area contributed by atoms with Crippen LogP contribution in [-0.2, 0) is 17.9 Å². The smallest absolute Gasteiger partial charge is 0.237 e. The molecule has 0 aliphatic carbocycles. The largest absolute Gasteiger partial charge is 0.351 e. The maximum atomic E-state index is 12.3. The van der Waals surface area contributed by atoms with Crippen molar-refractivity contribution < 1.29 is 4.79 Å². The lowest BCUT2D eigenvalue weighted by molar-refractivity contribution is -0.131. The summed E-state index contributed by atoms with van der Waals surface area (Å²) in [6, 6.07) is 19.6. The summed E-state index contributed by atoms with van der Waals surface area (Å²) >= 11 is 0. The molecule has 4 nitrogen and oxygen atoms in total. The van der Waals surface area contributed by atoms with Crippen molar-refractivity contribution in [1.29, 1.82) is 5.26 Å². The van der Waals surface area contributed by atoms with Crippen LogP contribution in [-0.4, -0.2) is 23.4 Å². The fourth-order valence-corrected chi connectivity index (χ4v) is 2.75. The fourth-order valence-electron chi connectivity index (χ4n) is 2.75. The van der Waals surface area contributed by atoms with E-state index in [0.717, 1.165) is 25.1 Å². The summed E-state index contributed by atoms with van der Waals surface area (Å²) in [4.78, 5) is 14.5. The molecular formula is C19H19N3O. The van der Waals surface area contributed by atoms with Crippen LogP contribution in [0, 0.1) is 11.3 Å². The van der Waals surface area contributed by atoms with Crippen molar-refractivity contribution in [3.8, 4) is 6.07 Å². The molecule has 1 N–H and O–H groups in total. The first kappa shape index (κ1) is 15.3. The Hall–Kier alpha value is -2.64. The highest BCUT2D eigenvalue weighted by molar-refractivity contribution is 5.82. The van der Waals surface area contributed by atoms with Gasteiger partial charge in [-0.2, -0.15) is 5.26 Å². The molecule has 1 heterocycles. The SMILES string of the molecule is N#Cc1ccc(CNC(=O)[C@@H]2CCN2Cc2ccccc2)cc1. The molecule has 23 heavy (non-hydrogen) atoms. The zero-order valence-electron chi connectivity index (χ0n) is 12.9. The Kier molecular flexibility index (Phi) is 4.70. The highest BCUT2D eigenvalue weighted by atomic mass is 16.2. The molecule has 1 atom stereocenters. The summed E-state index contributed by atoms with van der Waals surface area (Å²) in [6.07, 6.45) is 0.909. The molecule has 4 heteroatoms. The van der Waals surface area contributed by atoms with Crippen LogP contribution in [0.4, 0.5) is 0 Å². The second-order valence-electron chi connectivity index (χ2n) is 5.79. The number of hydrogen-bond donors (Lipinski definition) is 1. The second-order valence-corrected chi connectivity index (χ2v) is 5.79. The first-order chi connectivity index (χ1) is 11.3. The van der Waals surface area contributed by atoms with Gasteiger partial charge in [0.25, 0.3) is 0 Å². The number of nitrogens with one attached hydrogen (secondary N) is 1. The average Bonchev–Trinajstić information content (AvgIpc) is 2.58. The van der Waals surface area contributed by atoms with Gasteiger partial charge in [0.1, 0.15) is 0 Å². The van der Waals surface area contributed by atoms with Gasteiger partial charge >= 0.3 is 0 Å². The molecule has 0 saturated carbocycles. The van der Waals surface area contributed by atoms with Crippen molar-refractivity contribution in [2.75, 3.05) is 6.54 Å². The minimum atomic E-state index is -0.0337. The van der Waals surface area contributed by atoms with Gasteiger partial charge in [-0.25, -0.2) is 0 Å². The van der Waals surface area contributed by atoms with Crippen LogP contribution in [0.15, 0.2) is 54.6 Å². The van der Waals surface area contributed by atoms with Crippen LogP contribution in [0.1, 0.15) is 23.1 Å². The third-order valence-corrected chi connectivity index (χ3v) is 4.21. The lowest BCUT2D eigenvalue weighted by Gasteiger charge is -2.39. The normalized spacial score (nSPS) is 17.1. The van der Waals surface area contributed by atoms with Crippen molar-refractivity contribution in [2.24, 2.45) is 0 Å². The van der Waals surface area contributed by atoms with E-state index in [-0.39, 0.29) is 11.9 Å². The molecule has 1 aliphatic rings. The molecule has 0 bridgehead atoms. The lowest BCUT2D eigenvalue weighted by atomic mass is 10.0. The van der Waals surface area contributed by atoms with Crippen molar-refractivity contribution >= 4 is 5.91 Å². The summed E-state index contributed by atoms with van der Waals surface area (Å²) in [5.74, 6) is 0.0801. The highest BCUT2D eigenvalue weighted by Crippen LogP contribution is 2.20. The Labute approximate surface area is 136 Å². The van der Waals surface area contributed by atoms with Gasteiger partial charge in [-0.3, -0.25) is 9.69 Å². The van der Waals surface area contributed by atoms with E-state index in [1.54, 1.807) is 12.1 Å². The summed E-state index contributed by atoms with van der Waals surface area (Å²) in [5.41, 5.74) is 2.87. The topological polar surface area (TPSA) is 56.1 Å². The predicted molar refractivity (Wildman–Crippen MR) is 88.3 cm³/mol. The van der Waals surface area contributed by atoms with E-state index in [0.29, 0.717) is 12.1 Å². The Morgan fingerprint density at radius 3 is 2.48 bits per heavy atom. The fraction of sp³-hybridized carbons (Fsp3) is 0.263. The van der Waals surface area contributed by atoms with Crippen LogP contribution in [0.3, 0.4) is 0 Å². The third kappa shape index (κ3) is 3.77. The highest BCUT2D eigenvalue weighted by Gasteiger charge is 2.33. The van der Waals surface area contributed by atoms with E-state index in [2.05, 4.69) is 28.4 Å². The number of rotatable bonds is 5. The summed E-state index contributed by atoms with van der Waals surface area (Å²) < 4.78 is 0. The van der Waals surface area contributed by atoms with E-state index in [4.69, 9.17) is 5.26 Å². The van der Waals surface area contributed by atoms with E-state index in [1.165, 1.54) is 5.56 Å². The Balaban J connectivity index is 1.51. The monoisotopic (exact) mass is 305 g/mol. The Bertz CT molecular complexity index is 704. The van der Waals surface area contributed by atoms with Gasteiger partial charge < -0.3 is 5.32 Å². The molecule has 2 aromatic carbocycles. The first-order valence-corrected chi connectivity index (χ1v) is 7.81. The van der Waals surface area contributed by atoms with Gasteiger partial charge in [0.2, 0.25) is 5.91 Å². The molecule has 0 spiro atoms. The van der Waals surface area contributed by atoms with Gasteiger partial charge in [-0.1, -0.05) is 42.5 Å². The number of nitriles is 1. The zero-order chi connectivity index (χ0) is 16.1. The Morgan fingerprint density at radius 2 is 1.87 bits per heavy atom. The molecule has 2 aromatic rings. The summed E-state index contributed by atoms with van der Waals surface area (Å²) in [5, 5.41) is 11.8. The van der Waals surface area contributed by atoms with Gasteiger partial charge in [0.15, 0.2) is 0 Å². The molecule has 1 saturated heterocycles. The first-order valence-electron chi connectivity index (χ1n) is 7.81. The van der Waals surface area contributed by atoms with Gasteiger partial charge in [-0.05, 0) is 29.7 Å². The number of amides is 1. The zero-order valence-corrected chi connectivity index (χ0v) is 12.9. The van der Waals surface area contributed by atoms with Gasteiger partial charge in [-0.15, -0.1) is 0 Å². The number of benzene rings is 2. The molecule has 1 aliphatic heterocycles.